The summed E-state index contributed by atoms with van der Waals surface area (Å²) in [7, 11) is 0. The Labute approximate surface area is 167 Å². The second-order valence-electron chi connectivity index (χ2n) is 7.06. The van der Waals surface area contributed by atoms with Gasteiger partial charge in [-0.05, 0) is 35.7 Å². The van der Waals surface area contributed by atoms with Crippen molar-refractivity contribution in [2.45, 2.75) is 13.8 Å². The molecular formula is C21H19ClN2O4. The molecule has 0 atom stereocenters. The first-order chi connectivity index (χ1) is 13.4. The zero-order chi connectivity index (χ0) is 19.8. The molecule has 6 nitrogen and oxygen atoms in total. The molecule has 2 heterocycles. The Morgan fingerprint density at radius 1 is 1.04 bits per heavy atom. The summed E-state index contributed by atoms with van der Waals surface area (Å²) in [6.45, 7) is 4.44. The number of hydrogen-bond acceptors (Lipinski definition) is 5. The summed E-state index contributed by atoms with van der Waals surface area (Å²) < 4.78 is 10.7. The van der Waals surface area contributed by atoms with Gasteiger partial charge in [-0.1, -0.05) is 37.6 Å². The van der Waals surface area contributed by atoms with Crippen LogP contribution in [0.2, 0.25) is 5.02 Å². The molecule has 0 fully saturated rings. The van der Waals surface area contributed by atoms with Crippen LogP contribution < -0.4 is 14.8 Å². The van der Waals surface area contributed by atoms with E-state index in [9.17, 15) is 9.59 Å². The van der Waals surface area contributed by atoms with Crippen LogP contribution in [0.5, 0.6) is 11.5 Å². The number of amides is 2. The van der Waals surface area contributed by atoms with Crippen molar-refractivity contribution >= 4 is 34.7 Å². The quantitative estimate of drug-likeness (QED) is 0.773. The first-order valence-electron chi connectivity index (χ1n) is 8.97. The van der Waals surface area contributed by atoms with E-state index in [1.54, 1.807) is 42.5 Å². The molecule has 0 spiro atoms. The average molecular weight is 399 g/mol. The summed E-state index contributed by atoms with van der Waals surface area (Å²) >= 11 is 5.98. The molecule has 0 bridgehead atoms. The van der Waals surface area contributed by atoms with E-state index in [1.165, 1.54) is 4.90 Å². The number of hydrogen-bond donors (Lipinski definition) is 1. The fourth-order valence-corrected chi connectivity index (χ4v) is 3.35. The van der Waals surface area contributed by atoms with Crippen LogP contribution in [0.1, 0.15) is 19.4 Å². The second-order valence-corrected chi connectivity index (χ2v) is 7.50. The largest absolute Gasteiger partial charge is 0.454 e. The predicted octanol–water partition coefficient (Wildman–Crippen LogP) is 3.92. The van der Waals surface area contributed by atoms with Crippen LogP contribution in [0.4, 0.5) is 5.69 Å². The molecule has 2 aromatic rings. The van der Waals surface area contributed by atoms with Crippen LogP contribution in [-0.2, 0) is 9.59 Å². The van der Waals surface area contributed by atoms with Gasteiger partial charge in [-0.3, -0.25) is 14.5 Å². The van der Waals surface area contributed by atoms with Gasteiger partial charge in [-0.25, -0.2) is 0 Å². The molecule has 2 aliphatic heterocycles. The topological polar surface area (TPSA) is 67.9 Å². The Morgan fingerprint density at radius 2 is 1.75 bits per heavy atom. The van der Waals surface area contributed by atoms with Crippen molar-refractivity contribution in [2.24, 2.45) is 5.92 Å². The number of fused-ring (bicyclic) bond motifs is 1. The summed E-state index contributed by atoms with van der Waals surface area (Å²) in [5, 5.41) is 3.68. The first-order valence-corrected chi connectivity index (χ1v) is 9.35. The van der Waals surface area contributed by atoms with E-state index < -0.39 is 0 Å². The zero-order valence-electron chi connectivity index (χ0n) is 15.5. The summed E-state index contributed by atoms with van der Waals surface area (Å²) in [6, 6.07) is 12.2. The van der Waals surface area contributed by atoms with Crippen LogP contribution in [-0.4, -0.2) is 30.1 Å². The van der Waals surface area contributed by atoms with Gasteiger partial charge in [0.1, 0.15) is 5.70 Å². The highest BCUT2D eigenvalue weighted by molar-refractivity contribution is 6.36. The molecule has 0 saturated heterocycles. The number of rotatable bonds is 5. The van der Waals surface area contributed by atoms with Crippen LogP contribution in [0.15, 0.2) is 48.2 Å². The van der Waals surface area contributed by atoms with Crippen molar-refractivity contribution in [1.29, 1.82) is 0 Å². The molecule has 4 rings (SSSR count). The fraction of sp³-hybridized carbons (Fsp3) is 0.238. The molecule has 144 valence electrons. The van der Waals surface area contributed by atoms with Crippen molar-refractivity contribution in [2.75, 3.05) is 18.7 Å². The lowest BCUT2D eigenvalue weighted by Crippen LogP contribution is -2.35. The molecule has 0 unspecified atom stereocenters. The molecule has 7 heteroatoms. The molecule has 0 aromatic heterocycles. The zero-order valence-corrected chi connectivity index (χ0v) is 16.2. The molecule has 1 N–H and O–H groups in total. The summed E-state index contributed by atoms with van der Waals surface area (Å²) in [5.74, 6) is 0.733. The van der Waals surface area contributed by atoms with Crippen LogP contribution in [0.25, 0.3) is 5.57 Å². The molecule has 0 saturated carbocycles. The van der Waals surface area contributed by atoms with Crippen molar-refractivity contribution in [1.82, 2.24) is 4.90 Å². The van der Waals surface area contributed by atoms with Crippen molar-refractivity contribution in [3.05, 3.63) is 58.7 Å². The number of nitrogens with one attached hydrogen (secondary N) is 1. The van der Waals surface area contributed by atoms with E-state index in [0.29, 0.717) is 39.9 Å². The van der Waals surface area contributed by atoms with Gasteiger partial charge in [0.2, 0.25) is 6.79 Å². The molecule has 2 aromatic carbocycles. The molecule has 2 amide bonds. The molecule has 0 aliphatic carbocycles. The predicted molar refractivity (Wildman–Crippen MR) is 106 cm³/mol. The minimum atomic E-state index is -0.346. The van der Waals surface area contributed by atoms with E-state index in [2.05, 4.69) is 5.32 Å². The maximum absolute atomic E-state index is 13.1. The molecule has 0 radical (unpaired) electrons. The smallest absolute Gasteiger partial charge is 0.278 e. The van der Waals surface area contributed by atoms with Gasteiger partial charge in [-0.15, -0.1) is 0 Å². The van der Waals surface area contributed by atoms with Crippen molar-refractivity contribution < 1.29 is 19.1 Å². The first kappa shape index (κ1) is 18.4. The number of halogens is 1. The van der Waals surface area contributed by atoms with Gasteiger partial charge in [0.15, 0.2) is 11.5 Å². The van der Waals surface area contributed by atoms with E-state index in [1.807, 2.05) is 13.8 Å². The SMILES string of the molecule is CC(C)CN1C(=O)C(Nc2ccc3c(c2)OCO3)=C(c2ccc(Cl)cc2)C1=O. The van der Waals surface area contributed by atoms with Crippen LogP contribution in [0, 0.1) is 5.92 Å². The van der Waals surface area contributed by atoms with Gasteiger partial charge in [-0.2, -0.15) is 0 Å². The van der Waals surface area contributed by atoms with Crippen LogP contribution >= 0.6 is 11.6 Å². The minimum Gasteiger partial charge on any atom is -0.454 e. The van der Waals surface area contributed by atoms with Gasteiger partial charge < -0.3 is 14.8 Å². The second kappa shape index (κ2) is 7.20. The maximum Gasteiger partial charge on any atom is 0.278 e. The highest BCUT2D eigenvalue weighted by Gasteiger charge is 2.39. The van der Waals surface area contributed by atoms with Gasteiger partial charge >= 0.3 is 0 Å². The number of ether oxygens (including phenoxy) is 2. The van der Waals surface area contributed by atoms with E-state index in [-0.39, 0.29) is 30.2 Å². The summed E-state index contributed by atoms with van der Waals surface area (Å²) in [4.78, 5) is 27.4. The van der Waals surface area contributed by atoms with Crippen LogP contribution in [0.3, 0.4) is 0 Å². The molecule has 28 heavy (non-hydrogen) atoms. The standard InChI is InChI=1S/C21H19ClN2O4/c1-12(2)10-24-20(25)18(13-3-5-14(22)6-4-13)19(21(24)26)23-15-7-8-16-17(9-15)28-11-27-16/h3-9,12,23H,10-11H2,1-2H3. The Bertz CT molecular complexity index is 982. The number of anilines is 1. The highest BCUT2D eigenvalue weighted by atomic mass is 35.5. The van der Waals surface area contributed by atoms with E-state index in [4.69, 9.17) is 21.1 Å². The monoisotopic (exact) mass is 398 g/mol. The lowest BCUT2D eigenvalue weighted by Gasteiger charge is -2.17. The number of carbonyl (C=O) groups excluding carboxylic acids is 2. The third-order valence-electron chi connectivity index (χ3n) is 4.49. The Balaban J connectivity index is 1.75. The molecule has 2 aliphatic rings. The van der Waals surface area contributed by atoms with Gasteiger partial charge in [0.05, 0.1) is 5.57 Å². The third kappa shape index (κ3) is 3.31. The normalized spacial score (nSPS) is 15.8. The summed E-state index contributed by atoms with van der Waals surface area (Å²) in [5.41, 5.74) is 1.85. The third-order valence-corrected chi connectivity index (χ3v) is 4.74. The van der Waals surface area contributed by atoms with E-state index >= 15 is 0 Å². The number of carbonyl (C=O) groups is 2. The fourth-order valence-electron chi connectivity index (χ4n) is 3.23. The minimum absolute atomic E-state index is 0.157. The maximum atomic E-state index is 13.1. The summed E-state index contributed by atoms with van der Waals surface area (Å²) in [6.07, 6.45) is 0. The van der Waals surface area contributed by atoms with Crippen molar-refractivity contribution in [3.63, 3.8) is 0 Å². The Hall–Kier alpha value is -2.99. The highest BCUT2D eigenvalue weighted by Crippen LogP contribution is 2.36. The van der Waals surface area contributed by atoms with E-state index in [0.717, 1.165) is 0 Å². The average Bonchev–Trinajstić information content (AvgIpc) is 3.21. The molecular weight excluding hydrogens is 380 g/mol. The number of benzene rings is 2. The lowest BCUT2D eigenvalue weighted by atomic mass is 10.0. The number of nitrogens with zero attached hydrogens (tertiary/aromatic N) is 1. The number of imide groups is 1. The lowest BCUT2D eigenvalue weighted by molar-refractivity contribution is -0.137. The van der Waals surface area contributed by atoms with Crippen molar-refractivity contribution in [3.8, 4) is 11.5 Å². The van der Waals surface area contributed by atoms with Gasteiger partial charge in [0.25, 0.3) is 11.8 Å². The van der Waals surface area contributed by atoms with Gasteiger partial charge in [0, 0.05) is 23.3 Å². The Kier molecular flexibility index (Phi) is 4.73. The Morgan fingerprint density at radius 3 is 2.46 bits per heavy atom.